The Balaban J connectivity index is -0.0000414. The fraction of sp³-hybridized carbons (Fsp3) is 0.726. The molecule has 0 bridgehead atoms. The fourth-order valence-electron chi connectivity index (χ4n) is 8.79. The van der Waals surface area contributed by atoms with Gasteiger partial charge < -0.3 is 56.7 Å². The van der Waals surface area contributed by atoms with E-state index in [0.29, 0.717) is 31.6 Å². The molecule has 0 aromatic heterocycles. The molecular weight excluding hydrogens is 1260 g/mol. The summed E-state index contributed by atoms with van der Waals surface area (Å²) in [6, 6.07) is 0. The fourth-order valence-corrected chi connectivity index (χ4v) is 10.4. The van der Waals surface area contributed by atoms with Gasteiger partial charge in [0.15, 0.2) is 20.3 Å². The first-order valence-electron chi connectivity index (χ1n) is 35.3. The van der Waals surface area contributed by atoms with E-state index in [2.05, 4.69) is 132 Å². The van der Waals surface area contributed by atoms with E-state index in [1.165, 1.54) is 38.5 Å². The Morgan fingerprint density at radius 2 is 0.745 bits per heavy atom. The molecule has 0 aromatic rings. The molecule has 6 unspecified atom stereocenters. The predicted octanol–water partition coefficient (Wildman–Crippen LogP) is 12.3. The van der Waals surface area contributed by atoms with Crippen molar-refractivity contribution >= 4 is 39.3 Å². The standard InChI is InChI=1S/C73H126O17P2.2Na/c1-6-10-13-16-19-22-25-28-31-36-41-46-51-56-69(75)83-62-68(89-71(77)58-53-48-43-37-32-29-26-23-20-17-14-11-7-2)63-88-92(81,82)87-61-67(74)60-86-91(79,80)65-85-73(90-72(78)59-54-49-44-38-33-30-27-24-21-18-15-12-8-3)64-84-70(76)57-52-47-42-39-34-35-40-45-50-55-66(5)9-4;;/h16-21,25-30,35,40,50,55,66-68,73-74H,6-15,22-24,31-34,36-39,41-49,51-54,56-65H2,1-5H3,(H,79,80)(H,81,82);;/q;2*+1/p-2/b19-16+,20-17+,21-18+,28-25+,29-26+,30-27+,40-35-,55-50+;;. The Kier molecular flexibility index (Phi) is 72.5. The summed E-state index contributed by atoms with van der Waals surface area (Å²) in [6.45, 7) is 7.10. The molecule has 0 aliphatic carbocycles. The second kappa shape index (κ2) is 70.8. The summed E-state index contributed by atoms with van der Waals surface area (Å²) in [7, 11) is -10.2. The topological polar surface area (TPSA) is 243 Å². The molecule has 0 aliphatic rings. The van der Waals surface area contributed by atoms with E-state index < -0.39 is 97.2 Å². The minimum absolute atomic E-state index is 0. The molecule has 21 heteroatoms. The maximum atomic E-state index is 13.0. The van der Waals surface area contributed by atoms with Crippen LogP contribution < -0.4 is 68.9 Å². The number of phosphoric ester groups is 1. The Morgan fingerprint density at radius 3 is 1.15 bits per heavy atom. The zero-order valence-electron chi connectivity index (χ0n) is 59.5. The van der Waals surface area contributed by atoms with E-state index in [0.717, 1.165) is 154 Å². The van der Waals surface area contributed by atoms with Gasteiger partial charge in [0.25, 0.3) is 7.82 Å². The molecule has 0 heterocycles. The summed E-state index contributed by atoms with van der Waals surface area (Å²) in [5, 5.41) is 10.5. The molecule has 0 aromatic carbocycles. The van der Waals surface area contributed by atoms with Gasteiger partial charge in [0, 0.05) is 25.7 Å². The van der Waals surface area contributed by atoms with Gasteiger partial charge in [0.2, 0.25) is 6.29 Å². The third-order valence-electron chi connectivity index (χ3n) is 14.6. The van der Waals surface area contributed by atoms with Crippen molar-refractivity contribution in [3.8, 4) is 0 Å². The van der Waals surface area contributed by atoms with Crippen LogP contribution in [0, 0.1) is 5.92 Å². The van der Waals surface area contributed by atoms with E-state index in [-0.39, 0.29) is 84.8 Å². The van der Waals surface area contributed by atoms with Crippen molar-refractivity contribution in [2.45, 2.75) is 297 Å². The monoisotopic (exact) mass is 1380 g/mol. The number of hydrogen-bond donors (Lipinski definition) is 1. The van der Waals surface area contributed by atoms with Gasteiger partial charge in [-0.1, -0.05) is 228 Å². The molecule has 17 nitrogen and oxygen atoms in total. The minimum atomic E-state index is -5.24. The van der Waals surface area contributed by atoms with E-state index in [1.54, 1.807) is 0 Å². The van der Waals surface area contributed by atoms with Crippen molar-refractivity contribution < 1.29 is 140 Å². The van der Waals surface area contributed by atoms with Gasteiger partial charge in [-0.05, 0) is 128 Å². The molecular formula is C73H124Na2O17P2. The van der Waals surface area contributed by atoms with Crippen LogP contribution in [0.25, 0.3) is 0 Å². The van der Waals surface area contributed by atoms with E-state index >= 15 is 0 Å². The van der Waals surface area contributed by atoms with Crippen LogP contribution in [0.15, 0.2) is 97.2 Å². The normalized spacial score (nSPS) is 14.7. The van der Waals surface area contributed by atoms with Crippen molar-refractivity contribution in [1.29, 1.82) is 0 Å². The van der Waals surface area contributed by atoms with Crippen molar-refractivity contribution in [3.63, 3.8) is 0 Å². The van der Waals surface area contributed by atoms with E-state index in [9.17, 15) is 43.2 Å². The molecule has 530 valence electrons. The number of rotatable bonds is 65. The van der Waals surface area contributed by atoms with Crippen LogP contribution in [0.3, 0.4) is 0 Å². The number of ether oxygens (including phenoxy) is 5. The summed E-state index contributed by atoms with van der Waals surface area (Å²) >= 11 is 0. The van der Waals surface area contributed by atoms with Gasteiger partial charge in [0.05, 0.1) is 19.8 Å². The van der Waals surface area contributed by atoms with Gasteiger partial charge in [-0.25, -0.2) is 0 Å². The maximum Gasteiger partial charge on any atom is 1.00 e. The first-order valence-corrected chi connectivity index (χ1v) is 38.5. The average Bonchev–Trinajstić information content (AvgIpc) is 1.29. The summed E-state index contributed by atoms with van der Waals surface area (Å²) < 4.78 is 67.8. The summed E-state index contributed by atoms with van der Waals surface area (Å²) in [6.07, 6.45) is 61.0. The number of esters is 4. The number of hydrogen-bond acceptors (Lipinski definition) is 17. The maximum absolute atomic E-state index is 13.0. The van der Waals surface area contributed by atoms with Gasteiger partial charge in [-0.15, -0.1) is 0 Å². The Labute approximate surface area is 613 Å². The first-order chi connectivity index (χ1) is 44.6. The number of aliphatic hydroxyl groups is 1. The van der Waals surface area contributed by atoms with Crippen molar-refractivity contribution in [1.82, 2.24) is 0 Å². The van der Waals surface area contributed by atoms with Crippen LogP contribution in [0.2, 0.25) is 0 Å². The van der Waals surface area contributed by atoms with Crippen LogP contribution in [0.4, 0.5) is 0 Å². The van der Waals surface area contributed by atoms with Gasteiger partial charge in [0.1, 0.15) is 19.1 Å². The van der Waals surface area contributed by atoms with Crippen molar-refractivity contribution in [3.05, 3.63) is 97.2 Å². The SMILES string of the molecule is CCCC/C=C/C/C=C/CCCCCCC(=O)OCC(COP(=O)([O-])OCC(O)COP(=O)([O-])COC(COC(=O)CCCCCC/C=C\C/C=C/C(C)CC)OC(=O)CCCCCC/C=C/C/C=C/CCCC)OC(=O)CCCCCC/C=C/C/C=C/CCCC.[Na+].[Na+]. The molecule has 6 atom stereocenters. The Bertz CT molecular complexity index is 2160. The molecule has 0 saturated heterocycles. The molecule has 0 radical (unpaired) electrons. The zero-order valence-corrected chi connectivity index (χ0v) is 65.3. The second-order valence-electron chi connectivity index (χ2n) is 23.6. The van der Waals surface area contributed by atoms with Crippen molar-refractivity contribution in [2.75, 3.05) is 39.4 Å². The van der Waals surface area contributed by atoms with E-state index in [1.807, 2.05) is 0 Å². The summed E-state index contributed by atoms with van der Waals surface area (Å²) in [5.41, 5.74) is 0. The molecule has 1 N–H and O–H groups in total. The molecule has 0 amide bonds. The van der Waals surface area contributed by atoms with Gasteiger partial charge in [-0.3, -0.25) is 23.7 Å². The smallest absolute Gasteiger partial charge is 0.777 e. The molecule has 0 aliphatic heterocycles. The van der Waals surface area contributed by atoms with Crippen LogP contribution in [-0.2, 0) is 65.6 Å². The molecule has 0 saturated carbocycles. The molecule has 0 spiro atoms. The Morgan fingerprint density at radius 1 is 0.404 bits per heavy atom. The number of allylic oxidation sites excluding steroid dienone is 16. The zero-order chi connectivity index (χ0) is 67.7. The number of phosphoric acid groups is 1. The summed E-state index contributed by atoms with van der Waals surface area (Å²) in [5.74, 6) is -1.85. The number of carbonyl (C=O) groups is 4. The quantitative estimate of drug-likeness (QED) is 0.0113. The molecule has 94 heavy (non-hydrogen) atoms. The average molecular weight is 1380 g/mol. The van der Waals surface area contributed by atoms with Crippen LogP contribution in [-0.4, -0.2) is 86.9 Å². The minimum Gasteiger partial charge on any atom is -0.777 e. The third-order valence-corrected chi connectivity index (χ3v) is 16.6. The van der Waals surface area contributed by atoms with Crippen LogP contribution in [0.5, 0.6) is 0 Å². The molecule has 0 fully saturated rings. The van der Waals surface area contributed by atoms with Gasteiger partial charge in [-0.2, -0.15) is 0 Å². The van der Waals surface area contributed by atoms with Crippen molar-refractivity contribution in [2.24, 2.45) is 5.92 Å². The second-order valence-corrected chi connectivity index (χ2v) is 26.7. The largest absolute Gasteiger partial charge is 1.00 e. The number of unbranched alkanes of at least 4 members (excludes halogenated alkanes) is 22. The first kappa shape index (κ1) is 96.2. The van der Waals surface area contributed by atoms with Crippen LogP contribution >= 0.6 is 15.4 Å². The number of carbonyl (C=O) groups excluding carboxylic acids is 4. The predicted molar refractivity (Wildman–Crippen MR) is 367 cm³/mol. The third kappa shape index (κ3) is 69.9. The van der Waals surface area contributed by atoms with Gasteiger partial charge >= 0.3 is 83.0 Å². The van der Waals surface area contributed by atoms with E-state index in [4.69, 9.17) is 37.3 Å². The molecule has 0 rings (SSSR count). The summed E-state index contributed by atoms with van der Waals surface area (Å²) in [4.78, 5) is 77.2. The Hall–Kier alpha value is -2.02. The van der Waals surface area contributed by atoms with Crippen LogP contribution in [0.1, 0.15) is 279 Å². The number of aliphatic hydroxyl groups excluding tert-OH is 1.